The molecule has 0 saturated heterocycles. The van der Waals surface area contributed by atoms with E-state index >= 15 is 0 Å². The van der Waals surface area contributed by atoms with Crippen molar-refractivity contribution >= 4 is 31.8 Å². The van der Waals surface area contributed by atoms with E-state index in [1.54, 1.807) is 13.8 Å². The van der Waals surface area contributed by atoms with E-state index < -0.39 is 10.0 Å². The van der Waals surface area contributed by atoms with Crippen molar-refractivity contribution in [2.75, 3.05) is 18.8 Å². The molecule has 1 heterocycles. The van der Waals surface area contributed by atoms with E-state index in [1.165, 1.54) is 16.6 Å². The van der Waals surface area contributed by atoms with Crippen molar-refractivity contribution in [2.24, 2.45) is 0 Å². The minimum atomic E-state index is -3.54. The van der Waals surface area contributed by atoms with Gasteiger partial charge in [-0.25, -0.2) is 13.4 Å². The first-order valence-electron chi connectivity index (χ1n) is 4.84. The molecule has 0 radical (unpaired) electrons. The second kappa shape index (κ2) is 5.11. The van der Waals surface area contributed by atoms with Crippen molar-refractivity contribution in [2.45, 2.75) is 18.7 Å². The van der Waals surface area contributed by atoms with Gasteiger partial charge >= 0.3 is 0 Å². The van der Waals surface area contributed by atoms with Gasteiger partial charge in [0, 0.05) is 23.8 Å². The molecule has 0 aliphatic heterocycles. The molecule has 0 amide bonds. The van der Waals surface area contributed by atoms with E-state index in [0.29, 0.717) is 17.6 Å². The molecule has 0 aliphatic rings. The van der Waals surface area contributed by atoms with E-state index in [4.69, 9.17) is 5.73 Å². The van der Waals surface area contributed by atoms with Crippen molar-refractivity contribution in [1.29, 1.82) is 0 Å². The number of sulfonamides is 1. The highest BCUT2D eigenvalue weighted by Crippen LogP contribution is 2.23. The van der Waals surface area contributed by atoms with Crippen LogP contribution in [0.4, 0.5) is 5.82 Å². The maximum absolute atomic E-state index is 12.2. The molecule has 2 N–H and O–H groups in total. The third kappa shape index (κ3) is 2.53. The lowest BCUT2D eigenvalue weighted by Gasteiger charge is -2.19. The topological polar surface area (TPSA) is 76.3 Å². The number of aromatic nitrogens is 1. The van der Waals surface area contributed by atoms with Crippen LogP contribution in [0, 0.1) is 0 Å². The molecule has 0 bridgehead atoms. The predicted molar refractivity (Wildman–Crippen MR) is 66.5 cm³/mol. The van der Waals surface area contributed by atoms with Crippen LogP contribution in [0.1, 0.15) is 13.8 Å². The Morgan fingerprint density at radius 3 is 2.50 bits per heavy atom. The number of nitrogen functional groups attached to an aromatic ring is 1. The van der Waals surface area contributed by atoms with Crippen LogP contribution < -0.4 is 5.73 Å². The van der Waals surface area contributed by atoms with Crippen LogP contribution >= 0.6 is 15.9 Å². The summed E-state index contributed by atoms with van der Waals surface area (Å²) in [4.78, 5) is 3.87. The number of anilines is 1. The third-order valence-electron chi connectivity index (χ3n) is 2.17. The van der Waals surface area contributed by atoms with E-state index in [1.807, 2.05) is 0 Å². The van der Waals surface area contributed by atoms with Crippen LogP contribution in [-0.4, -0.2) is 30.8 Å². The molecule has 5 nitrogen and oxygen atoms in total. The lowest BCUT2D eigenvalue weighted by Crippen LogP contribution is -2.31. The first-order valence-corrected chi connectivity index (χ1v) is 7.08. The standard InChI is InChI=1S/C9H14BrN3O2S/c1-3-13(4-2)16(14,15)8-5-7(10)6-12-9(8)11/h5-6H,3-4H2,1-2H3,(H2,11,12). The quantitative estimate of drug-likeness (QED) is 0.913. The van der Waals surface area contributed by atoms with Crippen molar-refractivity contribution in [3.05, 3.63) is 16.7 Å². The molecule has 0 saturated carbocycles. The van der Waals surface area contributed by atoms with Crippen LogP contribution in [-0.2, 0) is 10.0 Å². The Labute approximate surface area is 104 Å². The summed E-state index contributed by atoms with van der Waals surface area (Å²) in [6.45, 7) is 4.38. The molecule has 0 aliphatic carbocycles. The Bertz CT molecular complexity index is 472. The van der Waals surface area contributed by atoms with Gasteiger partial charge in [-0.3, -0.25) is 0 Å². The Balaban J connectivity index is 3.31. The van der Waals surface area contributed by atoms with Gasteiger partial charge in [0.15, 0.2) is 0 Å². The minimum Gasteiger partial charge on any atom is -0.383 e. The molecule has 0 spiro atoms. The molecule has 1 aromatic heterocycles. The zero-order valence-electron chi connectivity index (χ0n) is 9.14. The molecule has 16 heavy (non-hydrogen) atoms. The molecule has 0 fully saturated rings. The summed E-state index contributed by atoms with van der Waals surface area (Å²) < 4.78 is 26.2. The Morgan fingerprint density at radius 2 is 2.00 bits per heavy atom. The summed E-state index contributed by atoms with van der Waals surface area (Å²) in [5, 5.41) is 0. The molecular formula is C9H14BrN3O2S. The largest absolute Gasteiger partial charge is 0.383 e. The normalized spacial score (nSPS) is 12.0. The van der Waals surface area contributed by atoms with Crippen molar-refractivity contribution in [3.8, 4) is 0 Å². The van der Waals surface area contributed by atoms with E-state index in [2.05, 4.69) is 20.9 Å². The number of halogens is 1. The van der Waals surface area contributed by atoms with Crippen LogP contribution in [0.2, 0.25) is 0 Å². The van der Waals surface area contributed by atoms with Crippen LogP contribution in [0.5, 0.6) is 0 Å². The zero-order chi connectivity index (χ0) is 12.3. The maximum Gasteiger partial charge on any atom is 0.246 e. The van der Waals surface area contributed by atoms with Gasteiger partial charge in [0.2, 0.25) is 10.0 Å². The fourth-order valence-corrected chi connectivity index (χ4v) is 3.37. The summed E-state index contributed by atoms with van der Waals surface area (Å²) in [6, 6.07) is 1.47. The first kappa shape index (κ1) is 13.4. The second-order valence-corrected chi connectivity index (χ2v) is 5.95. The first-order chi connectivity index (χ1) is 7.43. The number of nitrogens with zero attached hydrogens (tertiary/aromatic N) is 2. The van der Waals surface area contributed by atoms with Gasteiger partial charge in [-0.1, -0.05) is 13.8 Å². The lowest BCUT2D eigenvalue weighted by atomic mass is 10.5. The number of hydrogen-bond donors (Lipinski definition) is 1. The second-order valence-electron chi connectivity index (χ2n) is 3.13. The monoisotopic (exact) mass is 307 g/mol. The average molecular weight is 308 g/mol. The minimum absolute atomic E-state index is 0.0232. The highest BCUT2D eigenvalue weighted by atomic mass is 79.9. The lowest BCUT2D eigenvalue weighted by molar-refractivity contribution is 0.445. The van der Waals surface area contributed by atoms with Gasteiger partial charge in [-0.05, 0) is 22.0 Å². The molecule has 90 valence electrons. The maximum atomic E-state index is 12.2. The highest BCUT2D eigenvalue weighted by Gasteiger charge is 2.24. The van der Waals surface area contributed by atoms with E-state index in [0.717, 1.165) is 0 Å². The van der Waals surface area contributed by atoms with Gasteiger partial charge in [0.25, 0.3) is 0 Å². The van der Waals surface area contributed by atoms with Crippen molar-refractivity contribution in [3.63, 3.8) is 0 Å². The SMILES string of the molecule is CCN(CC)S(=O)(=O)c1cc(Br)cnc1N. The Hall–Kier alpha value is -0.660. The fraction of sp³-hybridized carbons (Fsp3) is 0.444. The van der Waals surface area contributed by atoms with Crippen LogP contribution in [0.25, 0.3) is 0 Å². The fourth-order valence-electron chi connectivity index (χ4n) is 1.34. The molecular weight excluding hydrogens is 294 g/mol. The molecule has 0 atom stereocenters. The third-order valence-corrected chi connectivity index (χ3v) is 4.68. The molecule has 1 rings (SSSR count). The van der Waals surface area contributed by atoms with E-state index in [9.17, 15) is 8.42 Å². The van der Waals surface area contributed by atoms with Crippen molar-refractivity contribution < 1.29 is 8.42 Å². The highest BCUT2D eigenvalue weighted by molar-refractivity contribution is 9.10. The number of nitrogens with two attached hydrogens (primary N) is 1. The van der Waals surface area contributed by atoms with Gasteiger partial charge in [-0.15, -0.1) is 0 Å². The summed E-state index contributed by atoms with van der Waals surface area (Å²) in [5.41, 5.74) is 5.58. The zero-order valence-corrected chi connectivity index (χ0v) is 11.5. The number of pyridine rings is 1. The molecule has 0 unspecified atom stereocenters. The Kier molecular flexibility index (Phi) is 4.28. The summed E-state index contributed by atoms with van der Waals surface area (Å²) >= 11 is 3.18. The summed E-state index contributed by atoms with van der Waals surface area (Å²) in [7, 11) is -3.54. The number of hydrogen-bond acceptors (Lipinski definition) is 4. The van der Waals surface area contributed by atoms with Gasteiger partial charge in [0.05, 0.1) is 0 Å². The van der Waals surface area contributed by atoms with E-state index in [-0.39, 0.29) is 10.7 Å². The van der Waals surface area contributed by atoms with Crippen LogP contribution in [0.3, 0.4) is 0 Å². The van der Waals surface area contributed by atoms with Gasteiger partial charge < -0.3 is 5.73 Å². The average Bonchev–Trinajstić information content (AvgIpc) is 2.23. The number of rotatable bonds is 4. The smallest absolute Gasteiger partial charge is 0.246 e. The van der Waals surface area contributed by atoms with Gasteiger partial charge in [0.1, 0.15) is 10.7 Å². The van der Waals surface area contributed by atoms with Crippen LogP contribution in [0.15, 0.2) is 21.6 Å². The predicted octanol–water partition coefficient (Wildman–Crippen LogP) is 1.46. The molecule has 0 aromatic carbocycles. The molecule has 7 heteroatoms. The summed E-state index contributed by atoms with van der Waals surface area (Å²) in [5.74, 6) is 0.0232. The van der Waals surface area contributed by atoms with Gasteiger partial charge in [-0.2, -0.15) is 4.31 Å². The molecule has 1 aromatic rings. The van der Waals surface area contributed by atoms with Crippen molar-refractivity contribution in [1.82, 2.24) is 9.29 Å². The Morgan fingerprint density at radius 1 is 1.44 bits per heavy atom. The summed E-state index contributed by atoms with van der Waals surface area (Å²) in [6.07, 6.45) is 1.47.